The van der Waals surface area contributed by atoms with E-state index in [1.807, 2.05) is 26.0 Å². The van der Waals surface area contributed by atoms with Crippen LogP contribution in [0.2, 0.25) is 10.0 Å². The van der Waals surface area contributed by atoms with Gasteiger partial charge in [-0.15, -0.1) is 0 Å². The molecule has 0 saturated heterocycles. The number of hydrogen-bond acceptors (Lipinski definition) is 3. The van der Waals surface area contributed by atoms with E-state index in [4.69, 9.17) is 27.9 Å². The molecule has 6 heteroatoms. The number of halogens is 2. The molecule has 2 aromatic carbocycles. The minimum absolute atomic E-state index is 0.311. The third kappa shape index (κ3) is 4.28. The zero-order valence-corrected chi connectivity index (χ0v) is 15.1. The number of esters is 1. The molecular formula is C18H17Cl2NO3. The van der Waals surface area contributed by atoms with Crippen molar-refractivity contribution in [2.45, 2.75) is 20.8 Å². The van der Waals surface area contributed by atoms with Gasteiger partial charge in [0.15, 0.2) is 6.61 Å². The van der Waals surface area contributed by atoms with Gasteiger partial charge in [0.1, 0.15) is 0 Å². The molecule has 0 unspecified atom stereocenters. The molecule has 0 aromatic heterocycles. The van der Waals surface area contributed by atoms with E-state index in [0.717, 1.165) is 16.7 Å². The lowest BCUT2D eigenvalue weighted by Gasteiger charge is -2.12. The first-order chi connectivity index (χ1) is 11.3. The molecule has 2 rings (SSSR count). The summed E-state index contributed by atoms with van der Waals surface area (Å²) in [5, 5.41) is 3.25. The Balaban J connectivity index is 2.01. The van der Waals surface area contributed by atoms with Gasteiger partial charge < -0.3 is 10.1 Å². The number of aryl methyl sites for hydroxylation is 3. The molecule has 0 atom stereocenters. The Kier molecular flexibility index (Phi) is 5.86. The van der Waals surface area contributed by atoms with Crippen LogP contribution in [0.5, 0.6) is 0 Å². The second-order valence-electron chi connectivity index (χ2n) is 5.50. The molecule has 0 radical (unpaired) electrons. The quantitative estimate of drug-likeness (QED) is 0.797. The second kappa shape index (κ2) is 7.69. The summed E-state index contributed by atoms with van der Waals surface area (Å²) < 4.78 is 5.06. The van der Waals surface area contributed by atoms with E-state index in [1.54, 1.807) is 25.1 Å². The number of anilines is 1. The fraction of sp³-hybridized carbons (Fsp3) is 0.222. The van der Waals surface area contributed by atoms with Crippen LogP contribution >= 0.6 is 23.2 Å². The standard InChI is InChI=1S/C18H17Cl2NO3/c1-10-4-6-13(12(3)8-10)18(23)24-9-15(22)21-17-14(19)7-5-11(2)16(17)20/h4-8H,9H2,1-3H3,(H,21,22). The third-order valence-electron chi connectivity index (χ3n) is 3.48. The first-order valence-corrected chi connectivity index (χ1v) is 8.04. The van der Waals surface area contributed by atoms with Crippen molar-refractivity contribution in [3.8, 4) is 0 Å². The van der Waals surface area contributed by atoms with E-state index < -0.39 is 18.5 Å². The van der Waals surface area contributed by atoms with Crippen LogP contribution in [-0.4, -0.2) is 18.5 Å². The van der Waals surface area contributed by atoms with E-state index in [-0.39, 0.29) is 0 Å². The summed E-state index contributed by atoms with van der Waals surface area (Å²) in [5.41, 5.74) is 3.37. The maximum atomic E-state index is 12.1. The van der Waals surface area contributed by atoms with Gasteiger partial charge >= 0.3 is 5.97 Å². The second-order valence-corrected chi connectivity index (χ2v) is 6.28. The largest absolute Gasteiger partial charge is 0.452 e. The number of benzene rings is 2. The molecular weight excluding hydrogens is 349 g/mol. The fourth-order valence-corrected chi connectivity index (χ4v) is 2.66. The average Bonchev–Trinajstić information content (AvgIpc) is 2.53. The van der Waals surface area contributed by atoms with Gasteiger partial charge in [-0.25, -0.2) is 4.79 Å². The Bertz CT molecular complexity index is 803. The zero-order chi connectivity index (χ0) is 17.9. The topological polar surface area (TPSA) is 55.4 Å². The summed E-state index contributed by atoms with van der Waals surface area (Å²) in [6, 6.07) is 8.76. The van der Waals surface area contributed by atoms with Crippen molar-refractivity contribution in [2.75, 3.05) is 11.9 Å². The molecule has 24 heavy (non-hydrogen) atoms. The van der Waals surface area contributed by atoms with Crippen LogP contribution in [0, 0.1) is 20.8 Å². The molecule has 0 heterocycles. The number of amides is 1. The highest BCUT2D eigenvalue weighted by atomic mass is 35.5. The summed E-state index contributed by atoms with van der Waals surface area (Å²) in [4.78, 5) is 24.1. The summed E-state index contributed by atoms with van der Waals surface area (Å²) in [6.45, 7) is 5.13. The molecule has 2 aromatic rings. The van der Waals surface area contributed by atoms with E-state index >= 15 is 0 Å². The normalized spacial score (nSPS) is 10.4. The van der Waals surface area contributed by atoms with Crippen LogP contribution in [0.1, 0.15) is 27.0 Å². The van der Waals surface area contributed by atoms with Crippen LogP contribution in [0.4, 0.5) is 5.69 Å². The highest BCUT2D eigenvalue weighted by Crippen LogP contribution is 2.32. The van der Waals surface area contributed by atoms with Gasteiger partial charge in [-0.2, -0.15) is 0 Å². The van der Waals surface area contributed by atoms with Gasteiger partial charge in [0, 0.05) is 0 Å². The molecule has 0 aliphatic rings. The molecule has 0 aliphatic carbocycles. The molecule has 126 valence electrons. The van der Waals surface area contributed by atoms with E-state index in [1.165, 1.54) is 0 Å². The minimum Gasteiger partial charge on any atom is -0.452 e. The molecule has 0 aliphatic heterocycles. The Hall–Kier alpha value is -2.04. The highest BCUT2D eigenvalue weighted by molar-refractivity contribution is 6.40. The predicted octanol–water partition coefficient (Wildman–Crippen LogP) is 4.71. The Morgan fingerprint density at radius 2 is 1.75 bits per heavy atom. The van der Waals surface area contributed by atoms with Crippen molar-refractivity contribution >= 4 is 40.8 Å². The van der Waals surface area contributed by atoms with E-state index in [0.29, 0.717) is 21.3 Å². The van der Waals surface area contributed by atoms with Gasteiger partial charge in [0.25, 0.3) is 5.91 Å². The fourth-order valence-electron chi connectivity index (χ4n) is 2.20. The summed E-state index contributed by atoms with van der Waals surface area (Å²) in [7, 11) is 0. The van der Waals surface area contributed by atoms with Crippen LogP contribution < -0.4 is 5.32 Å². The van der Waals surface area contributed by atoms with Gasteiger partial charge in [0.05, 0.1) is 21.3 Å². The molecule has 0 bridgehead atoms. The maximum absolute atomic E-state index is 12.1. The molecule has 0 spiro atoms. The number of carbonyl (C=O) groups is 2. The van der Waals surface area contributed by atoms with Gasteiger partial charge in [-0.3, -0.25) is 4.79 Å². The number of carbonyl (C=O) groups excluding carboxylic acids is 2. The number of rotatable bonds is 4. The minimum atomic E-state index is -0.552. The molecule has 4 nitrogen and oxygen atoms in total. The lowest BCUT2D eigenvalue weighted by atomic mass is 10.1. The van der Waals surface area contributed by atoms with Crippen molar-refractivity contribution in [1.29, 1.82) is 0 Å². The van der Waals surface area contributed by atoms with Crippen LogP contribution in [0.3, 0.4) is 0 Å². The van der Waals surface area contributed by atoms with Crippen molar-refractivity contribution in [2.24, 2.45) is 0 Å². The van der Waals surface area contributed by atoms with Crippen molar-refractivity contribution in [3.63, 3.8) is 0 Å². The highest BCUT2D eigenvalue weighted by Gasteiger charge is 2.15. The van der Waals surface area contributed by atoms with Crippen LogP contribution in [0.25, 0.3) is 0 Å². The number of nitrogens with one attached hydrogen (secondary N) is 1. The van der Waals surface area contributed by atoms with E-state index in [2.05, 4.69) is 5.32 Å². The maximum Gasteiger partial charge on any atom is 0.338 e. The lowest BCUT2D eigenvalue weighted by molar-refractivity contribution is -0.119. The zero-order valence-electron chi connectivity index (χ0n) is 13.6. The lowest BCUT2D eigenvalue weighted by Crippen LogP contribution is -2.21. The summed E-state index contributed by atoms with van der Waals surface area (Å²) in [5.74, 6) is -1.06. The summed E-state index contributed by atoms with van der Waals surface area (Å²) in [6.07, 6.45) is 0. The third-order valence-corrected chi connectivity index (χ3v) is 4.29. The van der Waals surface area contributed by atoms with Gasteiger partial charge in [-0.05, 0) is 44.0 Å². The van der Waals surface area contributed by atoms with Crippen LogP contribution in [-0.2, 0) is 9.53 Å². The summed E-state index contributed by atoms with van der Waals surface area (Å²) >= 11 is 12.2. The van der Waals surface area contributed by atoms with Crippen molar-refractivity contribution < 1.29 is 14.3 Å². The predicted molar refractivity (Wildman–Crippen MR) is 96.0 cm³/mol. The molecule has 0 saturated carbocycles. The van der Waals surface area contributed by atoms with Crippen LogP contribution in [0.15, 0.2) is 30.3 Å². The molecule has 0 fully saturated rings. The van der Waals surface area contributed by atoms with E-state index in [9.17, 15) is 9.59 Å². The Morgan fingerprint density at radius 3 is 2.42 bits per heavy atom. The SMILES string of the molecule is Cc1ccc(C(=O)OCC(=O)Nc2c(Cl)ccc(C)c2Cl)c(C)c1. The van der Waals surface area contributed by atoms with Crippen molar-refractivity contribution in [3.05, 3.63) is 62.6 Å². The average molecular weight is 366 g/mol. The molecule has 1 N–H and O–H groups in total. The Labute approximate surface area is 150 Å². The number of hydrogen-bond donors (Lipinski definition) is 1. The van der Waals surface area contributed by atoms with Gasteiger partial charge in [0.2, 0.25) is 0 Å². The molecule has 1 amide bonds. The van der Waals surface area contributed by atoms with Crippen molar-refractivity contribution in [1.82, 2.24) is 0 Å². The first-order valence-electron chi connectivity index (χ1n) is 7.28. The monoisotopic (exact) mass is 365 g/mol. The Morgan fingerprint density at radius 1 is 1.04 bits per heavy atom. The smallest absolute Gasteiger partial charge is 0.338 e. The van der Waals surface area contributed by atoms with Gasteiger partial charge in [-0.1, -0.05) is 47.0 Å². The first kappa shape index (κ1) is 18.3. The number of ether oxygens (including phenoxy) is 1.